The number of aromatic amines is 1. The number of fused-ring (bicyclic) bond motifs is 1. The van der Waals surface area contributed by atoms with Crippen LogP contribution in [0.5, 0.6) is 0 Å². The molecule has 20 heavy (non-hydrogen) atoms. The Balaban J connectivity index is 1.80. The molecule has 1 unspecified atom stereocenters. The topological polar surface area (TPSA) is 62.1 Å². The van der Waals surface area contributed by atoms with Crippen LogP contribution < -0.4 is 5.73 Å². The number of nitrogens with one attached hydrogen (secondary N) is 1. The second-order valence-corrected chi connectivity index (χ2v) is 5.75. The van der Waals surface area contributed by atoms with Gasteiger partial charge in [-0.05, 0) is 36.1 Å². The third-order valence-corrected chi connectivity index (χ3v) is 4.14. The third kappa shape index (κ3) is 2.38. The fourth-order valence-corrected chi connectivity index (χ4v) is 3.14. The first kappa shape index (κ1) is 13.0. The smallest absolute Gasteiger partial charge is 0.223 e. The summed E-state index contributed by atoms with van der Waals surface area (Å²) in [4.78, 5) is 17.3. The van der Waals surface area contributed by atoms with Crippen molar-refractivity contribution in [2.45, 2.75) is 32.7 Å². The van der Waals surface area contributed by atoms with Crippen molar-refractivity contribution < 1.29 is 4.79 Å². The largest absolute Gasteiger partial charge is 0.399 e. The summed E-state index contributed by atoms with van der Waals surface area (Å²) in [6.45, 7) is 3.75. The fourth-order valence-electron chi connectivity index (χ4n) is 3.14. The molecule has 106 valence electrons. The van der Waals surface area contributed by atoms with Gasteiger partial charge in [-0.1, -0.05) is 13.3 Å². The molecular formula is C16H21N3O. The molecular weight excluding hydrogens is 250 g/mol. The molecule has 2 heterocycles. The van der Waals surface area contributed by atoms with Gasteiger partial charge in [0, 0.05) is 42.3 Å². The maximum absolute atomic E-state index is 12.1. The Labute approximate surface area is 118 Å². The molecule has 0 aliphatic carbocycles. The normalized spacial score (nSPS) is 19.1. The molecule has 3 rings (SSSR count). The van der Waals surface area contributed by atoms with Crippen molar-refractivity contribution >= 4 is 22.5 Å². The molecule has 1 atom stereocenters. The summed E-state index contributed by atoms with van der Waals surface area (Å²) in [6, 6.07) is 5.85. The van der Waals surface area contributed by atoms with Crippen molar-refractivity contribution in [2.24, 2.45) is 5.92 Å². The van der Waals surface area contributed by atoms with Gasteiger partial charge in [-0.15, -0.1) is 0 Å². The van der Waals surface area contributed by atoms with Crippen LogP contribution in [0.15, 0.2) is 24.4 Å². The second kappa shape index (κ2) is 5.19. The van der Waals surface area contributed by atoms with E-state index >= 15 is 0 Å². The summed E-state index contributed by atoms with van der Waals surface area (Å²) in [5, 5.41) is 1.12. The van der Waals surface area contributed by atoms with E-state index in [0.29, 0.717) is 18.9 Å². The van der Waals surface area contributed by atoms with E-state index in [0.717, 1.165) is 41.5 Å². The molecule has 3 N–H and O–H groups in total. The van der Waals surface area contributed by atoms with Crippen LogP contribution in [0.25, 0.3) is 10.9 Å². The van der Waals surface area contributed by atoms with E-state index in [1.54, 1.807) is 0 Å². The maximum Gasteiger partial charge on any atom is 0.223 e. The average molecular weight is 271 g/mol. The molecule has 1 aromatic carbocycles. The van der Waals surface area contributed by atoms with Crippen LogP contribution in [0.3, 0.4) is 0 Å². The van der Waals surface area contributed by atoms with Crippen molar-refractivity contribution in [3.63, 3.8) is 0 Å². The molecule has 2 aromatic rings. The fraction of sp³-hybridized carbons (Fsp3) is 0.438. The summed E-state index contributed by atoms with van der Waals surface area (Å²) >= 11 is 0. The van der Waals surface area contributed by atoms with Crippen LogP contribution in [-0.4, -0.2) is 22.3 Å². The monoisotopic (exact) mass is 271 g/mol. The number of aromatic nitrogens is 1. The van der Waals surface area contributed by atoms with Gasteiger partial charge in [0.15, 0.2) is 0 Å². The molecule has 4 nitrogen and oxygen atoms in total. The number of nitrogens with zero attached hydrogens (tertiary/aromatic N) is 1. The SMILES string of the molecule is CCCC1CC(=O)N(Cc2c[nH]c3ccc(N)cc23)C1. The van der Waals surface area contributed by atoms with Gasteiger partial charge in [-0.2, -0.15) is 0 Å². The van der Waals surface area contributed by atoms with Crippen LogP contribution in [0.2, 0.25) is 0 Å². The minimum atomic E-state index is 0.279. The van der Waals surface area contributed by atoms with Crippen LogP contribution in [0.4, 0.5) is 5.69 Å². The molecule has 0 radical (unpaired) electrons. The Bertz CT molecular complexity index is 632. The van der Waals surface area contributed by atoms with Crippen LogP contribution >= 0.6 is 0 Å². The number of rotatable bonds is 4. The quantitative estimate of drug-likeness (QED) is 0.840. The van der Waals surface area contributed by atoms with Crippen molar-refractivity contribution in [3.05, 3.63) is 30.0 Å². The number of benzene rings is 1. The van der Waals surface area contributed by atoms with Crippen molar-refractivity contribution in [2.75, 3.05) is 12.3 Å². The molecule has 1 aliphatic rings. The van der Waals surface area contributed by atoms with Gasteiger partial charge in [0.25, 0.3) is 0 Å². The van der Waals surface area contributed by atoms with E-state index < -0.39 is 0 Å². The first-order valence-electron chi connectivity index (χ1n) is 7.30. The number of H-pyrrole nitrogens is 1. The summed E-state index contributed by atoms with van der Waals surface area (Å²) < 4.78 is 0. The van der Waals surface area contributed by atoms with E-state index in [2.05, 4.69) is 11.9 Å². The lowest BCUT2D eigenvalue weighted by Gasteiger charge is -2.16. The Morgan fingerprint density at radius 2 is 2.30 bits per heavy atom. The van der Waals surface area contributed by atoms with E-state index in [-0.39, 0.29) is 5.91 Å². The highest BCUT2D eigenvalue weighted by Crippen LogP contribution is 2.27. The minimum Gasteiger partial charge on any atom is -0.399 e. The van der Waals surface area contributed by atoms with Crippen molar-refractivity contribution in [3.8, 4) is 0 Å². The molecule has 4 heteroatoms. The van der Waals surface area contributed by atoms with E-state index in [9.17, 15) is 4.79 Å². The Hall–Kier alpha value is -1.97. The molecule has 1 amide bonds. The van der Waals surface area contributed by atoms with E-state index in [1.807, 2.05) is 29.3 Å². The number of nitrogens with two attached hydrogens (primary N) is 1. The predicted molar refractivity (Wildman–Crippen MR) is 81.1 cm³/mol. The standard InChI is InChI=1S/C16H21N3O/c1-2-3-11-6-16(20)19(9-11)10-12-8-18-15-5-4-13(17)7-14(12)15/h4-5,7-8,11,18H,2-3,6,9-10,17H2,1H3. The van der Waals surface area contributed by atoms with Crippen LogP contribution in [0.1, 0.15) is 31.7 Å². The number of amides is 1. The Morgan fingerprint density at radius 3 is 3.10 bits per heavy atom. The lowest BCUT2D eigenvalue weighted by Crippen LogP contribution is -2.24. The lowest BCUT2D eigenvalue weighted by atomic mass is 10.0. The minimum absolute atomic E-state index is 0.279. The van der Waals surface area contributed by atoms with Gasteiger partial charge >= 0.3 is 0 Å². The highest BCUT2D eigenvalue weighted by atomic mass is 16.2. The maximum atomic E-state index is 12.1. The number of nitrogen functional groups attached to an aromatic ring is 1. The predicted octanol–water partition coefficient (Wildman–Crippen LogP) is 2.90. The zero-order valence-electron chi connectivity index (χ0n) is 11.9. The number of carbonyl (C=O) groups is 1. The number of hydrogen-bond donors (Lipinski definition) is 2. The van der Waals surface area contributed by atoms with Crippen LogP contribution in [-0.2, 0) is 11.3 Å². The average Bonchev–Trinajstić information content (AvgIpc) is 2.95. The summed E-state index contributed by atoms with van der Waals surface area (Å²) in [5.41, 5.74) is 8.84. The van der Waals surface area contributed by atoms with Gasteiger partial charge in [-0.3, -0.25) is 4.79 Å². The van der Waals surface area contributed by atoms with E-state index in [4.69, 9.17) is 5.73 Å². The highest BCUT2D eigenvalue weighted by Gasteiger charge is 2.29. The zero-order chi connectivity index (χ0) is 14.1. The van der Waals surface area contributed by atoms with Crippen molar-refractivity contribution in [1.29, 1.82) is 0 Å². The molecule has 1 fully saturated rings. The number of hydrogen-bond acceptors (Lipinski definition) is 2. The highest BCUT2D eigenvalue weighted by molar-refractivity contribution is 5.87. The molecule has 1 aromatic heterocycles. The number of likely N-dealkylation sites (tertiary alicyclic amines) is 1. The van der Waals surface area contributed by atoms with Gasteiger partial charge in [0.1, 0.15) is 0 Å². The van der Waals surface area contributed by atoms with Crippen molar-refractivity contribution in [1.82, 2.24) is 9.88 Å². The first-order chi connectivity index (χ1) is 9.67. The van der Waals surface area contributed by atoms with Gasteiger partial charge in [0.2, 0.25) is 5.91 Å². The molecule has 1 aliphatic heterocycles. The van der Waals surface area contributed by atoms with Gasteiger partial charge in [-0.25, -0.2) is 0 Å². The number of anilines is 1. The lowest BCUT2D eigenvalue weighted by molar-refractivity contribution is -0.128. The summed E-state index contributed by atoms with van der Waals surface area (Å²) in [6.07, 6.45) is 4.99. The van der Waals surface area contributed by atoms with Gasteiger partial charge < -0.3 is 15.6 Å². The molecule has 1 saturated heterocycles. The van der Waals surface area contributed by atoms with Gasteiger partial charge in [0.05, 0.1) is 0 Å². The summed E-state index contributed by atoms with van der Waals surface area (Å²) in [5.74, 6) is 0.810. The zero-order valence-corrected chi connectivity index (χ0v) is 11.9. The molecule has 0 bridgehead atoms. The Kier molecular flexibility index (Phi) is 3.38. The number of carbonyl (C=O) groups excluding carboxylic acids is 1. The molecule has 0 spiro atoms. The van der Waals surface area contributed by atoms with E-state index in [1.165, 1.54) is 0 Å². The van der Waals surface area contributed by atoms with Crippen LogP contribution in [0, 0.1) is 5.92 Å². The first-order valence-corrected chi connectivity index (χ1v) is 7.30. The second-order valence-electron chi connectivity index (χ2n) is 5.75. The Morgan fingerprint density at radius 1 is 1.45 bits per heavy atom. The third-order valence-electron chi connectivity index (χ3n) is 4.14. The molecule has 0 saturated carbocycles. The summed E-state index contributed by atoms with van der Waals surface area (Å²) in [7, 11) is 0.